The molecule has 2 N–H and O–H groups in total. The standard InChI is InChI=1S/C15H12BrIN4/c1-21-15(18)13(9-4-6-19-7-5-9)14(20-21)11-8-10(17)2-3-12(11)16/h2-8H,18H2,1H3. The van der Waals surface area contributed by atoms with Gasteiger partial charge in [-0.1, -0.05) is 15.9 Å². The van der Waals surface area contributed by atoms with Gasteiger partial charge in [-0.05, 0) is 58.5 Å². The average Bonchev–Trinajstić information content (AvgIpc) is 2.78. The number of aromatic nitrogens is 3. The number of halogens is 2. The topological polar surface area (TPSA) is 56.7 Å². The Morgan fingerprint density at radius 3 is 2.62 bits per heavy atom. The maximum absolute atomic E-state index is 6.22. The summed E-state index contributed by atoms with van der Waals surface area (Å²) in [5, 5.41) is 4.60. The van der Waals surface area contributed by atoms with Crippen molar-refractivity contribution in [2.45, 2.75) is 0 Å². The Balaban J connectivity index is 2.29. The Bertz CT molecular complexity index is 799. The summed E-state index contributed by atoms with van der Waals surface area (Å²) in [4.78, 5) is 4.06. The number of nitrogens with two attached hydrogens (primary N) is 1. The van der Waals surface area contributed by atoms with E-state index in [1.165, 1.54) is 0 Å². The molecule has 1 aromatic carbocycles. The Kier molecular flexibility index (Phi) is 3.99. The predicted molar refractivity (Wildman–Crippen MR) is 96.7 cm³/mol. The quantitative estimate of drug-likeness (QED) is 0.593. The molecular weight excluding hydrogens is 443 g/mol. The number of nitrogen functional groups attached to an aromatic ring is 1. The van der Waals surface area contributed by atoms with Gasteiger partial charge < -0.3 is 5.73 Å². The molecular formula is C15H12BrIN4. The smallest absolute Gasteiger partial charge is 0.129 e. The molecule has 0 atom stereocenters. The van der Waals surface area contributed by atoms with Gasteiger partial charge in [-0.15, -0.1) is 0 Å². The van der Waals surface area contributed by atoms with Crippen molar-refractivity contribution < 1.29 is 0 Å². The summed E-state index contributed by atoms with van der Waals surface area (Å²) >= 11 is 5.90. The molecule has 4 nitrogen and oxygen atoms in total. The average molecular weight is 455 g/mol. The third-order valence-electron chi connectivity index (χ3n) is 3.24. The second kappa shape index (κ2) is 5.76. The lowest BCUT2D eigenvalue weighted by Crippen LogP contribution is -1.97. The lowest BCUT2D eigenvalue weighted by Gasteiger charge is -2.06. The maximum atomic E-state index is 6.22. The number of pyridine rings is 1. The van der Waals surface area contributed by atoms with E-state index in [2.05, 4.69) is 54.7 Å². The highest BCUT2D eigenvalue weighted by Gasteiger charge is 2.19. The summed E-state index contributed by atoms with van der Waals surface area (Å²) in [5.74, 6) is 0.641. The molecule has 21 heavy (non-hydrogen) atoms. The zero-order valence-corrected chi connectivity index (χ0v) is 15.0. The van der Waals surface area contributed by atoms with E-state index < -0.39 is 0 Å². The molecule has 3 aromatic rings. The maximum Gasteiger partial charge on any atom is 0.129 e. The van der Waals surface area contributed by atoms with Gasteiger partial charge in [0.25, 0.3) is 0 Å². The van der Waals surface area contributed by atoms with Crippen LogP contribution in [0, 0.1) is 3.57 Å². The lowest BCUT2D eigenvalue weighted by molar-refractivity contribution is 0.782. The van der Waals surface area contributed by atoms with Gasteiger partial charge in [-0.25, -0.2) is 0 Å². The minimum absolute atomic E-state index is 0.641. The summed E-state index contributed by atoms with van der Waals surface area (Å²) in [7, 11) is 1.85. The molecule has 0 saturated carbocycles. The molecule has 0 unspecified atom stereocenters. The van der Waals surface area contributed by atoms with E-state index in [0.29, 0.717) is 5.82 Å². The number of hydrogen-bond acceptors (Lipinski definition) is 3. The normalized spacial score (nSPS) is 10.8. The fourth-order valence-corrected chi connectivity index (χ4v) is 3.13. The van der Waals surface area contributed by atoms with Crippen LogP contribution < -0.4 is 5.73 Å². The monoisotopic (exact) mass is 454 g/mol. The molecule has 3 rings (SSSR count). The Hall–Kier alpha value is -1.41. The molecule has 0 aliphatic carbocycles. The van der Waals surface area contributed by atoms with E-state index in [-0.39, 0.29) is 0 Å². The number of hydrogen-bond donors (Lipinski definition) is 1. The first-order chi connectivity index (χ1) is 10.1. The second-order valence-corrected chi connectivity index (χ2v) is 6.69. The molecule has 0 aliphatic rings. The van der Waals surface area contributed by atoms with Crippen LogP contribution in [0.4, 0.5) is 5.82 Å². The van der Waals surface area contributed by atoms with Gasteiger partial charge in [-0.2, -0.15) is 5.10 Å². The number of benzene rings is 1. The number of rotatable bonds is 2. The molecule has 0 aliphatic heterocycles. The van der Waals surface area contributed by atoms with Gasteiger partial charge in [0.1, 0.15) is 11.5 Å². The number of nitrogens with zero attached hydrogens (tertiary/aromatic N) is 3. The van der Waals surface area contributed by atoms with E-state index >= 15 is 0 Å². The van der Waals surface area contributed by atoms with Gasteiger partial charge in [0.2, 0.25) is 0 Å². The Morgan fingerprint density at radius 1 is 1.19 bits per heavy atom. The van der Waals surface area contributed by atoms with E-state index in [9.17, 15) is 0 Å². The van der Waals surface area contributed by atoms with Crippen molar-refractivity contribution in [1.82, 2.24) is 14.8 Å². The van der Waals surface area contributed by atoms with E-state index in [1.807, 2.05) is 31.3 Å². The second-order valence-electron chi connectivity index (χ2n) is 4.59. The lowest BCUT2D eigenvalue weighted by atomic mass is 10.0. The number of aryl methyl sites for hydroxylation is 1. The van der Waals surface area contributed by atoms with Crippen molar-refractivity contribution in [3.8, 4) is 22.4 Å². The first-order valence-corrected chi connectivity index (χ1v) is 8.13. The Morgan fingerprint density at radius 2 is 1.90 bits per heavy atom. The third-order valence-corrected chi connectivity index (χ3v) is 4.61. The van der Waals surface area contributed by atoms with E-state index in [1.54, 1.807) is 17.1 Å². The predicted octanol–water partition coefficient (Wildman–Crippen LogP) is 4.10. The van der Waals surface area contributed by atoms with Crippen LogP contribution in [-0.2, 0) is 7.05 Å². The first-order valence-electron chi connectivity index (χ1n) is 6.26. The van der Waals surface area contributed by atoms with Crippen LogP contribution in [0.3, 0.4) is 0 Å². The third kappa shape index (κ3) is 2.69. The molecule has 6 heteroatoms. The zero-order chi connectivity index (χ0) is 15.0. The SMILES string of the molecule is Cn1nc(-c2cc(I)ccc2Br)c(-c2ccncc2)c1N. The van der Waals surface area contributed by atoms with Crippen LogP contribution >= 0.6 is 38.5 Å². The molecule has 2 aromatic heterocycles. The summed E-state index contributed by atoms with van der Waals surface area (Å²) in [5.41, 5.74) is 10.1. The van der Waals surface area contributed by atoms with Crippen LogP contribution in [0.25, 0.3) is 22.4 Å². The fourth-order valence-electron chi connectivity index (χ4n) is 2.21. The molecule has 2 heterocycles. The zero-order valence-electron chi connectivity index (χ0n) is 11.2. The van der Waals surface area contributed by atoms with Crippen molar-refractivity contribution in [1.29, 1.82) is 0 Å². The van der Waals surface area contributed by atoms with E-state index in [0.717, 1.165) is 30.4 Å². The highest BCUT2D eigenvalue weighted by molar-refractivity contribution is 14.1. The van der Waals surface area contributed by atoms with Gasteiger partial charge >= 0.3 is 0 Å². The van der Waals surface area contributed by atoms with Crippen molar-refractivity contribution in [3.63, 3.8) is 0 Å². The molecule has 0 saturated heterocycles. The summed E-state index contributed by atoms with van der Waals surface area (Å²) in [6, 6.07) is 10.1. The minimum Gasteiger partial charge on any atom is -0.383 e. The largest absolute Gasteiger partial charge is 0.383 e. The molecule has 0 fully saturated rings. The van der Waals surface area contributed by atoms with Gasteiger partial charge in [-0.3, -0.25) is 9.67 Å². The van der Waals surface area contributed by atoms with Crippen molar-refractivity contribution in [3.05, 3.63) is 50.8 Å². The molecule has 0 radical (unpaired) electrons. The number of anilines is 1. The molecule has 106 valence electrons. The van der Waals surface area contributed by atoms with Gasteiger partial charge in [0, 0.05) is 33.0 Å². The van der Waals surface area contributed by atoms with Crippen LogP contribution in [-0.4, -0.2) is 14.8 Å². The van der Waals surface area contributed by atoms with Crippen LogP contribution in [0.5, 0.6) is 0 Å². The van der Waals surface area contributed by atoms with Crippen molar-refractivity contribution >= 4 is 44.3 Å². The Labute approximate surface area is 144 Å². The van der Waals surface area contributed by atoms with Crippen LogP contribution in [0.1, 0.15) is 0 Å². The van der Waals surface area contributed by atoms with Gasteiger partial charge in [0.15, 0.2) is 0 Å². The van der Waals surface area contributed by atoms with Crippen LogP contribution in [0.2, 0.25) is 0 Å². The fraction of sp³-hybridized carbons (Fsp3) is 0.0667. The summed E-state index contributed by atoms with van der Waals surface area (Å²) < 4.78 is 3.85. The molecule has 0 bridgehead atoms. The molecule has 0 amide bonds. The van der Waals surface area contributed by atoms with Crippen molar-refractivity contribution in [2.24, 2.45) is 7.05 Å². The van der Waals surface area contributed by atoms with Crippen LogP contribution in [0.15, 0.2) is 47.2 Å². The minimum atomic E-state index is 0.641. The van der Waals surface area contributed by atoms with Gasteiger partial charge in [0.05, 0.1) is 5.56 Å². The summed E-state index contributed by atoms with van der Waals surface area (Å²) in [6.45, 7) is 0. The first kappa shape index (κ1) is 14.5. The highest BCUT2D eigenvalue weighted by Crippen LogP contribution is 2.39. The molecule has 0 spiro atoms. The van der Waals surface area contributed by atoms with E-state index in [4.69, 9.17) is 5.73 Å². The van der Waals surface area contributed by atoms with Crippen molar-refractivity contribution in [2.75, 3.05) is 5.73 Å². The summed E-state index contributed by atoms with van der Waals surface area (Å²) in [6.07, 6.45) is 3.52. The highest BCUT2D eigenvalue weighted by atomic mass is 127.